The maximum absolute atomic E-state index is 10.3. The Morgan fingerprint density at radius 2 is 2.07 bits per heavy atom. The second-order valence-electron chi connectivity index (χ2n) is 7.03. The molecule has 1 fully saturated rings. The van der Waals surface area contributed by atoms with Crippen LogP contribution in [0.5, 0.6) is 6.01 Å². The zero-order chi connectivity index (χ0) is 20.5. The van der Waals surface area contributed by atoms with Gasteiger partial charge in [-0.2, -0.15) is 9.97 Å². The first-order valence-electron chi connectivity index (χ1n) is 9.28. The summed E-state index contributed by atoms with van der Waals surface area (Å²) in [4.78, 5) is 12.7. The standard InChI is InChI=1S/C19H23N5O5/c1-10-3-2-4-11(7-10)5-6-28-19-22-16(20)13-17(23-19)24(9-21-13)18-15(27)14(26)12(8-25)29-18/h2-4,7,9,12,14-15,18,25-27H,5-6,8H2,1H3,(H2,20,22,23)/t12-,14?,15?,18-/m1/s1. The average Bonchev–Trinajstić information content (AvgIpc) is 3.24. The highest BCUT2D eigenvalue weighted by atomic mass is 16.6. The van der Waals surface area contributed by atoms with Gasteiger partial charge < -0.3 is 30.5 Å². The van der Waals surface area contributed by atoms with Gasteiger partial charge in [0.25, 0.3) is 0 Å². The number of aliphatic hydroxyl groups excluding tert-OH is 3. The Kier molecular flexibility index (Phi) is 5.33. The molecular formula is C19H23N5O5. The van der Waals surface area contributed by atoms with Crippen molar-refractivity contribution >= 4 is 17.0 Å². The number of hydrogen-bond acceptors (Lipinski definition) is 9. The zero-order valence-corrected chi connectivity index (χ0v) is 15.8. The fourth-order valence-electron chi connectivity index (χ4n) is 3.41. The number of anilines is 1. The number of aromatic nitrogens is 4. The zero-order valence-electron chi connectivity index (χ0n) is 15.8. The minimum absolute atomic E-state index is 0.0798. The van der Waals surface area contributed by atoms with E-state index >= 15 is 0 Å². The van der Waals surface area contributed by atoms with Crippen LogP contribution in [0.4, 0.5) is 5.82 Å². The average molecular weight is 401 g/mol. The third-order valence-corrected chi connectivity index (χ3v) is 4.92. The number of aryl methyl sites for hydroxylation is 1. The Hall–Kier alpha value is -2.79. The molecule has 3 heterocycles. The number of ether oxygens (including phenoxy) is 2. The number of benzene rings is 1. The summed E-state index contributed by atoms with van der Waals surface area (Å²) in [6.07, 6.45) is -2.29. The molecule has 4 atom stereocenters. The molecule has 4 rings (SSSR count). The highest BCUT2D eigenvalue weighted by Crippen LogP contribution is 2.32. The predicted molar refractivity (Wildman–Crippen MR) is 103 cm³/mol. The summed E-state index contributed by atoms with van der Waals surface area (Å²) in [5.74, 6) is 0.131. The van der Waals surface area contributed by atoms with Crippen molar-refractivity contribution in [2.45, 2.75) is 37.9 Å². The highest BCUT2D eigenvalue weighted by Gasteiger charge is 2.44. The molecule has 0 spiro atoms. The van der Waals surface area contributed by atoms with Crippen LogP contribution in [0.2, 0.25) is 0 Å². The molecule has 2 unspecified atom stereocenters. The monoisotopic (exact) mass is 401 g/mol. The van der Waals surface area contributed by atoms with Crippen molar-refractivity contribution in [1.82, 2.24) is 19.5 Å². The van der Waals surface area contributed by atoms with Crippen LogP contribution >= 0.6 is 0 Å². The third kappa shape index (κ3) is 3.75. The van der Waals surface area contributed by atoms with Gasteiger partial charge in [0.1, 0.15) is 18.3 Å². The van der Waals surface area contributed by atoms with Crippen LogP contribution in [0.15, 0.2) is 30.6 Å². The fraction of sp³-hybridized carbons (Fsp3) is 0.421. The van der Waals surface area contributed by atoms with E-state index in [1.807, 2.05) is 25.1 Å². The molecule has 154 valence electrons. The Morgan fingerprint density at radius 3 is 2.79 bits per heavy atom. The van der Waals surface area contributed by atoms with Gasteiger partial charge in [0.2, 0.25) is 0 Å². The molecular weight excluding hydrogens is 378 g/mol. The number of hydrogen-bond donors (Lipinski definition) is 4. The fourth-order valence-corrected chi connectivity index (χ4v) is 3.41. The molecule has 0 saturated carbocycles. The van der Waals surface area contributed by atoms with Gasteiger partial charge in [-0.25, -0.2) is 4.98 Å². The number of nitrogens with two attached hydrogens (primary N) is 1. The van der Waals surface area contributed by atoms with Crippen LogP contribution in [-0.2, 0) is 11.2 Å². The number of fused-ring (bicyclic) bond motifs is 1. The third-order valence-electron chi connectivity index (χ3n) is 4.92. The molecule has 0 radical (unpaired) electrons. The van der Waals surface area contributed by atoms with E-state index < -0.39 is 31.1 Å². The van der Waals surface area contributed by atoms with Crippen molar-refractivity contribution in [2.24, 2.45) is 0 Å². The van der Waals surface area contributed by atoms with E-state index in [2.05, 4.69) is 21.0 Å². The molecule has 10 nitrogen and oxygen atoms in total. The van der Waals surface area contributed by atoms with E-state index in [-0.39, 0.29) is 11.8 Å². The molecule has 1 aliphatic rings. The maximum Gasteiger partial charge on any atom is 0.320 e. The lowest BCUT2D eigenvalue weighted by molar-refractivity contribution is -0.0511. The molecule has 1 aromatic carbocycles. The van der Waals surface area contributed by atoms with E-state index in [0.717, 1.165) is 5.56 Å². The smallest absolute Gasteiger partial charge is 0.320 e. The number of nitrogen functional groups attached to an aromatic ring is 1. The summed E-state index contributed by atoms with van der Waals surface area (Å²) in [5.41, 5.74) is 8.93. The van der Waals surface area contributed by atoms with Crippen molar-refractivity contribution in [3.8, 4) is 6.01 Å². The summed E-state index contributed by atoms with van der Waals surface area (Å²) in [6, 6.07) is 8.20. The van der Waals surface area contributed by atoms with Crippen LogP contribution in [0.3, 0.4) is 0 Å². The summed E-state index contributed by atoms with van der Waals surface area (Å²) < 4.78 is 12.7. The SMILES string of the molecule is Cc1cccc(CCOc2nc(N)c3ncn([C@@H]4O[C@H](CO)C(O)C4O)c3n2)c1. The number of imidazole rings is 1. The first-order chi connectivity index (χ1) is 14.0. The normalized spacial score (nSPS) is 24.3. The molecule has 0 aliphatic carbocycles. The molecule has 1 aliphatic heterocycles. The second kappa shape index (κ2) is 7.91. The quantitative estimate of drug-likeness (QED) is 0.446. The Labute approximate surface area is 166 Å². The molecule has 3 aromatic rings. The van der Waals surface area contributed by atoms with Crippen LogP contribution in [0.1, 0.15) is 17.4 Å². The van der Waals surface area contributed by atoms with Crippen LogP contribution in [-0.4, -0.2) is 66.4 Å². The number of nitrogens with zero attached hydrogens (tertiary/aromatic N) is 4. The van der Waals surface area contributed by atoms with E-state index in [0.29, 0.717) is 24.2 Å². The molecule has 29 heavy (non-hydrogen) atoms. The minimum atomic E-state index is -1.26. The number of aliphatic hydroxyl groups is 3. The van der Waals surface area contributed by atoms with E-state index in [1.165, 1.54) is 16.5 Å². The molecule has 2 aromatic heterocycles. The largest absolute Gasteiger partial charge is 0.463 e. The highest BCUT2D eigenvalue weighted by molar-refractivity contribution is 5.82. The van der Waals surface area contributed by atoms with Crippen molar-refractivity contribution in [3.63, 3.8) is 0 Å². The molecule has 0 bridgehead atoms. The van der Waals surface area contributed by atoms with Gasteiger partial charge >= 0.3 is 6.01 Å². The Bertz CT molecular complexity index is 1010. The van der Waals surface area contributed by atoms with Crippen LogP contribution < -0.4 is 10.5 Å². The maximum atomic E-state index is 10.3. The summed E-state index contributed by atoms with van der Waals surface area (Å²) in [7, 11) is 0. The van der Waals surface area contributed by atoms with Gasteiger partial charge in [-0.15, -0.1) is 0 Å². The molecule has 1 saturated heterocycles. The van der Waals surface area contributed by atoms with E-state index in [9.17, 15) is 15.3 Å². The summed E-state index contributed by atoms with van der Waals surface area (Å²) >= 11 is 0. The lowest BCUT2D eigenvalue weighted by atomic mass is 10.1. The summed E-state index contributed by atoms with van der Waals surface area (Å²) in [5, 5.41) is 29.6. The van der Waals surface area contributed by atoms with Crippen molar-refractivity contribution < 1.29 is 24.8 Å². The Balaban J connectivity index is 1.55. The van der Waals surface area contributed by atoms with Crippen molar-refractivity contribution in [3.05, 3.63) is 41.7 Å². The van der Waals surface area contributed by atoms with E-state index in [4.69, 9.17) is 15.2 Å². The first-order valence-corrected chi connectivity index (χ1v) is 9.28. The van der Waals surface area contributed by atoms with E-state index in [1.54, 1.807) is 0 Å². The van der Waals surface area contributed by atoms with Gasteiger partial charge in [0, 0.05) is 6.42 Å². The van der Waals surface area contributed by atoms with Gasteiger partial charge in [-0.1, -0.05) is 29.8 Å². The van der Waals surface area contributed by atoms with Gasteiger partial charge in [0.15, 0.2) is 23.2 Å². The van der Waals surface area contributed by atoms with Crippen LogP contribution in [0, 0.1) is 6.92 Å². The molecule has 0 amide bonds. The Morgan fingerprint density at radius 1 is 1.24 bits per heavy atom. The van der Waals surface area contributed by atoms with Gasteiger partial charge in [0.05, 0.1) is 19.5 Å². The predicted octanol–water partition coefficient (Wildman–Crippen LogP) is -0.0501. The van der Waals surface area contributed by atoms with Crippen molar-refractivity contribution in [1.29, 1.82) is 0 Å². The summed E-state index contributed by atoms with van der Waals surface area (Å²) in [6.45, 7) is 1.96. The van der Waals surface area contributed by atoms with Crippen molar-refractivity contribution in [2.75, 3.05) is 18.9 Å². The lowest BCUT2D eigenvalue weighted by Gasteiger charge is -2.16. The topological polar surface area (TPSA) is 149 Å². The second-order valence-corrected chi connectivity index (χ2v) is 7.03. The van der Waals surface area contributed by atoms with Crippen LogP contribution in [0.25, 0.3) is 11.2 Å². The molecule has 5 N–H and O–H groups in total. The lowest BCUT2D eigenvalue weighted by Crippen LogP contribution is -2.33. The minimum Gasteiger partial charge on any atom is -0.463 e. The first kappa shape index (κ1) is 19.5. The molecule has 10 heteroatoms. The number of rotatable bonds is 6. The van der Waals surface area contributed by atoms with Gasteiger partial charge in [-0.3, -0.25) is 4.57 Å². The van der Waals surface area contributed by atoms with Gasteiger partial charge in [-0.05, 0) is 12.5 Å².